The van der Waals surface area contributed by atoms with Crippen molar-refractivity contribution in [2.45, 2.75) is 18.9 Å². The van der Waals surface area contributed by atoms with Crippen molar-refractivity contribution in [2.75, 3.05) is 7.11 Å². The number of methoxy groups -OCH3 is 1. The lowest BCUT2D eigenvalue weighted by Crippen LogP contribution is -2.22. The number of allylic oxidation sites excluding steroid dienone is 1. The molecule has 0 radical (unpaired) electrons. The van der Waals surface area contributed by atoms with E-state index in [4.69, 9.17) is 0 Å². The Bertz CT molecular complexity index is 419. The fourth-order valence-electron chi connectivity index (χ4n) is 1.69. The number of ether oxygens (including phenoxy) is 1. The minimum atomic E-state index is -0.588. The Hall–Kier alpha value is -1.78. The molecule has 1 heterocycles. The van der Waals surface area contributed by atoms with Gasteiger partial charge in [0.25, 0.3) is 0 Å². The number of hydrogen-bond donors (Lipinski definition) is 0. The molecule has 0 aromatic heterocycles. The molecule has 0 aromatic rings. The molecule has 0 amide bonds. The average molecular weight is 207 g/mol. The Balaban J connectivity index is 2.26. The molecule has 15 heavy (non-hydrogen) atoms. The molecule has 2 rings (SSSR count). The molecular weight excluding hydrogens is 198 g/mol. The molecule has 0 fully saturated rings. The Morgan fingerprint density at radius 3 is 2.93 bits per heavy atom. The zero-order chi connectivity index (χ0) is 11.0. The van der Waals surface area contributed by atoms with Gasteiger partial charge in [0.1, 0.15) is 0 Å². The van der Waals surface area contributed by atoms with E-state index in [2.05, 4.69) is 9.73 Å². The quantitative estimate of drug-likeness (QED) is 0.442. The predicted molar refractivity (Wildman–Crippen MR) is 50.6 cm³/mol. The summed E-state index contributed by atoms with van der Waals surface area (Å²) < 4.78 is 4.55. The molecule has 78 valence electrons. The Labute approximate surface area is 85.8 Å². The molecule has 0 saturated heterocycles. The van der Waals surface area contributed by atoms with Crippen molar-refractivity contribution in [1.82, 2.24) is 0 Å². The summed E-state index contributed by atoms with van der Waals surface area (Å²) >= 11 is 0. The third-order valence-corrected chi connectivity index (χ3v) is 2.48. The monoisotopic (exact) mass is 207 g/mol. The van der Waals surface area contributed by atoms with E-state index < -0.39 is 23.6 Å². The Kier molecular flexibility index (Phi) is 2.22. The van der Waals surface area contributed by atoms with Gasteiger partial charge in [-0.15, -0.1) is 0 Å². The van der Waals surface area contributed by atoms with Crippen molar-refractivity contribution in [1.29, 1.82) is 0 Å². The van der Waals surface area contributed by atoms with Crippen LogP contribution in [0.25, 0.3) is 0 Å². The van der Waals surface area contributed by atoms with E-state index in [-0.39, 0.29) is 6.42 Å². The zero-order valence-corrected chi connectivity index (χ0v) is 8.15. The van der Waals surface area contributed by atoms with Gasteiger partial charge in [0.2, 0.25) is 11.6 Å². The summed E-state index contributed by atoms with van der Waals surface area (Å²) in [7, 11) is 1.29. The van der Waals surface area contributed by atoms with Crippen molar-refractivity contribution < 1.29 is 19.1 Å². The topological polar surface area (TPSA) is 72.8 Å². The van der Waals surface area contributed by atoms with E-state index in [0.717, 1.165) is 0 Å². The summed E-state index contributed by atoms with van der Waals surface area (Å²) in [6, 6.07) is -0.588. The van der Waals surface area contributed by atoms with Crippen LogP contribution in [0, 0.1) is 0 Å². The highest BCUT2D eigenvalue weighted by Crippen LogP contribution is 2.25. The number of ketones is 2. The number of nitrogens with zero attached hydrogens (tertiary/aromatic N) is 1. The van der Waals surface area contributed by atoms with Gasteiger partial charge in [-0.05, 0) is 11.6 Å². The molecule has 0 aromatic carbocycles. The first-order chi connectivity index (χ1) is 7.11. The third kappa shape index (κ3) is 1.60. The molecule has 0 unspecified atom stereocenters. The summed E-state index contributed by atoms with van der Waals surface area (Å²) in [5, 5.41) is 0. The molecule has 0 saturated carbocycles. The molecule has 0 bridgehead atoms. The van der Waals surface area contributed by atoms with Crippen LogP contribution in [0.4, 0.5) is 0 Å². The van der Waals surface area contributed by atoms with E-state index in [1.807, 2.05) is 0 Å². The van der Waals surface area contributed by atoms with Gasteiger partial charge in [0, 0.05) is 12.1 Å². The Morgan fingerprint density at radius 1 is 1.53 bits per heavy atom. The fourth-order valence-corrected chi connectivity index (χ4v) is 1.69. The van der Waals surface area contributed by atoms with Crippen molar-refractivity contribution in [3.63, 3.8) is 0 Å². The van der Waals surface area contributed by atoms with Crippen LogP contribution >= 0.6 is 0 Å². The summed E-state index contributed by atoms with van der Waals surface area (Å²) in [5.74, 6) is -1.41. The van der Waals surface area contributed by atoms with Crippen LogP contribution in [0.5, 0.6) is 0 Å². The summed E-state index contributed by atoms with van der Waals surface area (Å²) in [6.45, 7) is 0. The number of esters is 1. The SMILES string of the molecule is COC(=O)[C@@H]1CC2=CC(=O)C(=O)CC2=N1. The molecule has 1 atom stereocenters. The van der Waals surface area contributed by atoms with Gasteiger partial charge in [-0.3, -0.25) is 14.6 Å². The normalized spacial score (nSPS) is 24.5. The van der Waals surface area contributed by atoms with Crippen molar-refractivity contribution >= 4 is 23.2 Å². The maximum absolute atomic E-state index is 11.2. The minimum Gasteiger partial charge on any atom is -0.467 e. The van der Waals surface area contributed by atoms with Gasteiger partial charge < -0.3 is 4.74 Å². The highest BCUT2D eigenvalue weighted by molar-refractivity contribution is 6.48. The van der Waals surface area contributed by atoms with E-state index in [0.29, 0.717) is 17.7 Å². The van der Waals surface area contributed by atoms with Gasteiger partial charge in [-0.2, -0.15) is 0 Å². The zero-order valence-electron chi connectivity index (χ0n) is 8.15. The maximum atomic E-state index is 11.2. The second-order valence-corrected chi connectivity index (χ2v) is 3.45. The van der Waals surface area contributed by atoms with Gasteiger partial charge in [-0.25, -0.2) is 4.79 Å². The molecule has 5 heteroatoms. The van der Waals surface area contributed by atoms with Crippen molar-refractivity contribution in [3.05, 3.63) is 11.6 Å². The van der Waals surface area contributed by atoms with Crippen LogP contribution < -0.4 is 0 Å². The third-order valence-electron chi connectivity index (χ3n) is 2.48. The predicted octanol–water partition coefficient (Wildman–Crippen LogP) is -0.159. The molecule has 1 aliphatic carbocycles. The van der Waals surface area contributed by atoms with Gasteiger partial charge in [-0.1, -0.05) is 0 Å². The highest BCUT2D eigenvalue weighted by atomic mass is 16.5. The van der Waals surface area contributed by atoms with Gasteiger partial charge in [0.05, 0.1) is 13.5 Å². The van der Waals surface area contributed by atoms with Crippen LogP contribution in [0.1, 0.15) is 12.8 Å². The van der Waals surface area contributed by atoms with Crippen LogP contribution in [0.2, 0.25) is 0 Å². The van der Waals surface area contributed by atoms with Crippen LogP contribution in [0.15, 0.2) is 16.6 Å². The lowest BCUT2D eigenvalue weighted by atomic mass is 9.94. The first kappa shape index (κ1) is 9.76. The second kappa shape index (κ2) is 3.42. The number of aliphatic imine (C=N–C) groups is 1. The Morgan fingerprint density at radius 2 is 2.27 bits per heavy atom. The largest absolute Gasteiger partial charge is 0.467 e. The number of hydrogen-bond acceptors (Lipinski definition) is 5. The number of Topliss-reactive ketones (excluding diaryl/α,β-unsaturated/α-hetero) is 1. The molecule has 0 N–H and O–H groups in total. The first-order valence-corrected chi connectivity index (χ1v) is 4.54. The van der Waals surface area contributed by atoms with Crippen molar-refractivity contribution in [2.24, 2.45) is 4.99 Å². The lowest BCUT2D eigenvalue weighted by molar-refractivity contribution is -0.141. The number of carbonyl (C=O) groups excluding carboxylic acids is 3. The molecular formula is C10H9NO4. The van der Waals surface area contributed by atoms with Crippen LogP contribution in [-0.4, -0.2) is 36.4 Å². The van der Waals surface area contributed by atoms with E-state index in [9.17, 15) is 14.4 Å². The smallest absolute Gasteiger partial charge is 0.330 e. The number of rotatable bonds is 1. The standard InChI is InChI=1S/C10H9NO4/c1-15-10(14)7-2-5-3-8(12)9(13)4-6(5)11-7/h3,7H,2,4H2,1H3/t7-/m0/s1. The first-order valence-electron chi connectivity index (χ1n) is 4.54. The molecule has 5 nitrogen and oxygen atoms in total. The number of fused-ring (bicyclic) bond motifs is 1. The molecule has 0 spiro atoms. The summed E-state index contributed by atoms with van der Waals surface area (Å²) in [5.41, 5.74) is 1.24. The van der Waals surface area contributed by atoms with Crippen LogP contribution in [0.3, 0.4) is 0 Å². The van der Waals surface area contributed by atoms with E-state index >= 15 is 0 Å². The van der Waals surface area contributed by atoms with Gasteiger partial charge >= 0.3 is 5.97 Å². The van der Waals surface area contributed by atoms with E-state index in [1.54, 1.807) is 0 Å². The molecule has 2 aliphatic rings. The number of carbonyl (C=O) groups is 3. The van der Waals surface area contributed by atoms with Gasteiger partial charge in [0.15, 0.2) is 6.04 Å². The second-order valence-electron chi connectivity index (χ2n) is 3.45. The van der Waals surface area contributed by atoms with Crippen molar-refractivity contribution in [3.8, 4) is 0 Å². The highest BCUT2D eigenvalue weighted by Gasteiger charge is 2.34. The average Bonchev–Trinajstić information content (AvgIpc) is 2.60. The van der Waals surface area contributed by atoms with Crippen LogP contribution in [-0.2, 0) is 19.1 Å². The summed E-state index contributed by atoms with van der Waals surface area (Å²) in [4.78, 5) is 37.4. The summed E-state index contributed by atoms with van der Waals surface area (Å²) in [6.07, 6.45) is 1.65. The molecule has 1 aliphatic heterocycles. The van der Waals surface area contributed by atoms with E-state index in [1.165, 1.54) is 13.2 Å². The maximum Gasteiger partial charge on any atom is 0.330 e. The minimum absolute atomic E-state index is 0.0121. The fraction of sp³-hybridized carbons (Fsp3) is 0.400. The lowest BCUT2D eigenvalue weighted by Gasteiger charge is -2.06.